The average molecular weight is 410 g/mol. The van der Waals surface area contributed by atoms with Gasteiger partial charge in [0.25, 0.3) is 5.56 Å². The number of nitrogens with one attached hydrogen (secondary N) is 3. The Hall–Kier alpha value is -1.18. The molecule has 0 saturated heterocycles. The number of anilines is 3. The van der Waals surface area contributed by atoms with E-state index in [9.17, 15) is 4.79 Å². The minimum atomic E-state index is -0.290. The molecule has 2 rings (SSSR count). The minimum absolute atomic E-state index is 0. The normalized spacial score (nSPS) is 17.1. The summed E-state index contributed by atoms with van der Waals surface area (Å²) in [4.78, 5) is 18.7. The quantitative estimate of drug-likeness (QED) is 0.464. The lowest BCUT2D eigenvalue weighted by molar-refractivity contribution is 0.108. The van der Waals surface area contributed by atoms with E-state index in [-0.39, 0.29) is 47.9 Å². The molecule has 1 aliphatic rings. The van der Waals surface area contributed by atoms with E-state index in [1.165, 1.54) is 32.1 Å². The Bertz CT molecular complexity index is 595. The van der Waals surface area contributed by atoms with E-state index in [2.05, 4.69) is 41.4 Å². The number of ether oxygens (including phenoxy) is 1. The van der Waals surface area contributed by atoms with E-state index in [0.717, 1.165) is 13.0 Å². The fraction of sp³-hybridized carbons (Fsp3) is 0.765. The minimum Gasteiger partial charge on any atom is -0.379 e. The molecular formula is C17H33Cl2N5O2. The van der Waals surface area contributed by atoms with Crippen molar-refractivity contribution in [1.29, 1.82) is 0 Å². The molecule has 1 aromatic heterocycles. The molecule has 9 heteroatoms. The van der Waals surface area contributed by atoms with Gasteiger partial charge in [0.05, 0.1) is 18.2 Å². The zero-order valence-corrected chi connectivity index (χ0v) is 17.5. The molecule has 0 amide bonds. The first-order chi connectivity index (χ1) is 11.4. The Balaban J connectivity index is 0.00000312. The van der Waals surface area contributed by atoms with Gasteiger partial charge < -0.3 is 21.1 Å². The highest BCUT2D eigenvalue weighted by Crippen LogP contribution is 2.29. The van der Waals surface area contributed by atoms with E-state index in [0.29, 0.717) is 18.1 Å². The van der Waals surface area contributed by atoms with E-state index >= 15 is 0 Å². The fourth-order valence-corrected chi connectivity index (χ4v) is 2.90. The molecule has 2 heterocycles. The third-order valence-corrected chi connectivity index (χ3v) is 4.49. The highest BCUT2D eigenvalue weighted by atomic mass is 35.5. The summed E-state index contributed by atoms with van der Waals surface area (Å²) in [5.74, 6) is 0.607. The Morgan fingerprint density at radius 1 is 1.15 bits per heavy atom. The Morgan fingerprint density at radius 2 is 1.81 bits per heavy atom. The lowest BCUT2D eigenvalue weighted by Crippen LogP contribution is -2.55. The van der Waals surface area contributed by atoms with Crippen LogP contribution in [-0.2, 0) is 4.74 Å². The van der Waals surface area contributed by atoms with Gasteiger partial charge in [-0.15, -0.1) is 24.8 Å². The van der Waals surface area contributed by atoms with E-state index in [1.807, 2.05) is 0 Å². The van der Waals surface area contributed by atoms with Crippen molar-refractivity contribution >= 4 is 42.3 Å². The predicted octanol–water partition coefficient (Wildman–Crippen LogP) is 3.56. The van der Waals surface area contributed by atoms with Crippen LogP contribution in [0, 0.1) is 0 Å². The van der Waals surface area contributed by atoms with Crippen molar-refractivity contribution in [2.24, 2.45) is 0 Å². The first-order valence-electron chi connectivity index (χ1n) is 8.96. The van der Waals surface area contributed by atoms with E-state index in [1.54, 1.807) is 0 Å². The van der Waals surface area contributed by atoms with E-state index < -0.39 is 0 Å². The lowest BCUT2D eigenvalue weighted by Gasteiger charge is -2.41. The van der Waals surface area contributed by atoms with Crippen molar-refractivity contribution in [3.8, 4) is 0 Å². The van der Waals surface area contributed by atoms with Crippen LogP contribution in [0.4, 0.5) is 17.5 Å². The van der Waals surface area contributed by atoms with Gasteiger partial charge in [-0.05, 0) is 20.3 Å². The van der Waals surface area contributed by atoms with Crippen LogP contribution in [0.15, 0.2) is 4.79 Å². The summed E-state index contributed by atoms with van der Waals surface area (Å²) in [7, 11) is 0. The molecule has 0 aromatic carbocycles. The van der Waals surface area contributed by atoms with Crippen LogP contribution in [0.1, 0.15) is 59.3 Å². The summed E-state index contributed by atoms with van der Waals surface area (Å²) in [6, 6.07) is -0.0170. The predicted molar refractivity (Wildman–Crippen MR) is 113 cm³/mol. The van der Waals surface area contributed by atoms with E-state index in [4.69, 9.17) is 10.5 Å². The number of rotatable bonds is 9. The van der Waals surface area contributed by atoms with Crippen molar-refractivity contribution in [1.82, 2.24) is 9.97 Å². The van der Waals surface area contributed by atoms with Crippen LogP contribution in [-0.4, -0.2) is 34.8 Å². The second-order valence-corrected chi connectivity index (χ2v) is 7.06. The van der Waals surface area contributed by atoms with Gasteiger partial charge >= 0.3 is 0 Å². The molecule has 0 radical (unpaired) electrons. The molecule has 0 spiro atoms. The number of hydrogen-bond donors (Lipinski definition) is 4. The fourth-order valence-electron chi connectivity index (χ4n) is 2.90. The molecule has 0 saturated carbocycles. The average Bonchev–Trinajstić information content (AvgIpc) is 2.49. The Kier molecular flexibility index (Phi) is 11.0. The van der Waals surface area contributed by atoms with Gasteiger partial charge in [0, 0.05) is 6.61 Å². The van der Waals surface area contributed by atoms with Gasteiger partial charge in [-0.2, -0.15) is 4.98 Å². The van der Waals surface area contributed by atoms with Gasteiger partial charge in [0.15, 0.2) is 5.82 Å². The number of nitrogens with zero attached hydrogens (tertiary/aromatic N) is 1. The molecule has 1 aliphatic heterocycles. The third kappa shape index (κ3) is 6.85. The smallest absolute Gasteiger partial charge is 0.277 e. The lowest BCUT2D eigenvalue weighted by atomic mass is 9.92. The van der Waals surface area contributed by atoms with Gasteiger partial charge in [-0.25, -0.2) is 0 Å². The number of aromatic nitrogens is 2. The summed E-state index contributed by atoms with van der Waals surface area (Å²) < 4.78 is 5.83. The summed E-state index contributed by atoms with van der Waals surface area (Å²) in [5.41, 5.74) is 5.48. The molecule has 0 fully saturated rings. The number of nitrogen functional groups attached to an aromatic ring is 1. The van der Waals surface area contributed by atoms with Gasteiger partial charge in [-0.3, -0.25) is 9.78 Å². The molecule has 1 atom stereocenters. The van der Waals surface area contributed by atoms with Crippen LogP contribution in [0.3, 0.4) is 0 Å². The zero-order valence-electron chi connectivity index (χ0n) is 15.9. The second-order valence-electron chi connectivity index (χ2n) is 7.06. The maximum absolute atomic E-state index is 12.0. The first kappa shape index (κ1) is 24.8. The first-order valence-corrected chi connectivity index (χ1v) is 8.96. The molecule has 0 aliphatic carbocycles. The van der Waals surface area contributed by atoms with Crippen molar-refractivity contribution in [3.63, 3.8) is 0 Å². The molecule has 5 N–H and O–H groups in total. The second kappa shape index (κ2) is 11.5. The molecule has 7 nitrogen and oxygen atoms in total. The maximum atomic E-state index is 12.0. The largest absolute Gasteiger partial charge is 0.379 e. The summed E-state index contributed by atoms with van der Waals surface area (Å²) >= 11 is 0. The summed E-state index contributed by atoms with van der Waals surface area (Å²) in [5, 5.41) is 6.54. The molecule has 26 heavy (non-hydrogen) atoms. The molecule has 152 valence electrons. The monoisotopic (exact) mass is 409 g/mol. The van der Waals surface area contributed by atoms with Crippen molar-refractivity contribution < 1.29 is 4.74 Å². The number of aromatic amines is 1. The number of hydrogen-bond acceptors (Lipinski definition) is 6. The molecule has 1 unspecified atom stereocenters. The zero-order chi connectivity index (χ0) is 17.6. The number of H-pyrrole nitrogens is 1. The van der Waals surface area contributed by atoms with Gasteiger partial charge in [0.2, 0.25) is 5.95 Å². The van der Waals surface area contributed by atoms with Crippen molar-refractivity contribution in [3.05, 3.63) is 10.4 Å². The van der Waals surface area contributed by atoms with Crippen LogP contribution in [0.2, 0.25) is 0 Å². The number of fused-ring (bicyclic) bond motifs is 1. The Labute approximate surface area is 168 Å². The maximum Gasteiger partial charge on any atom is 0.277 e. The van der Waals surface area contributed by atoms with Crippen LogP contribution >= 0.6 is 24.8 Å². The number of halogens is 2. The Morgan fingerprint density at radius 3 is 2.50 bits per heavy atom. The molecular weight excluding hydrogens is 377 g/mol. The highest BCUT2D eigenvalue weighted by molar-refractivity contribution is 5.85. The molecule has 1 aromatic rings. The van der Waals surface area contributed by atoms with Crippen LogP contribution < -0.4 is 21.9 Å². The van der Waals surface area contributed by atoms with Gasteiger partial charge in [0.1, 0.15) is 5.69 Å². The number of unbranched alkanes of at least 4 members (excludes halogenated alkanes) is 5. The third-order valence-electron chi connectivity index (χ3n) is 4.49. The standard InChI is InChI=1S/C17H31N5O2.2ClH/c1-4-5-6-7-8-9-10-24-11-12-17(2,3)22-14-13(19-12)15(23)21-16(18)20-14;;/h12,19H,4-11H2,1-3H3,(H4,18,20,21,22,23);2*1H. The summed E-state index contributed by atoms with van der Waals surface area (Å²) in [6.45, 7) is 7.63. The topological polar surface area (TPSA) is 105 Å². The van der Waals surface area contributed by atoms with Crippen LogP contribution in [0.5, 0.6) is 0 Å². The summed E-state index contributed by atoms with van der Waals surface area (Å²) in [6.07, 6.45) is 7.48. The van der Waals surface area contributed by atoms with Crippen molar-refractivity contribution in [2.45, 2.75) is 70.9 Å². The van der Waals surface area contributed by atoms with Gasteiger partial charge in [-0.1, -0.05) is 39.0 Å². The molecule has 0 bridgehead atoms. The SMILES string of the molecule is CCCCCCCCOCC1Nc2c(nc(N)[nH]c2=O)NC1(C)C.Cl.Cl. The van der Waals surface area contributed by atoms with Crippen LogP contribution in [0.25, 0.3) is 0 Å². The van der Waals surface area contributed by atoms with Crippen molar-refractivity contribution in [2.75, 3.05) is 29.6 Å². The highest BCUT2D eigenvalue weighted by Gasteiger charge is 2.36. The number of nitrogens with two attached hydrogens (primary N) is 1.